The maximum atomic E-state index is 12.5. The van der Waals surface area contributed by atoms with Crippen LogP contribution in [0.2, 0.25) is 0 Å². The highest BCUT2D eigenvalue weighted by Gasteiger charge is 2.33. The molecule has 0 bridgehead atoms. The van der Waals surface area contributed by atoms with E-state index in [-0.39, 0.29) is 30.3 Å². The monoisotopic (exact) mass is 647 g/mol. The van der Waals surface area contributed by atoms with Crippen molar-refractivity contribution in [2.45, 2.75) is 43.1 Å². The fourth-order valence-electron chi connectivity index (χ4n) is 5.37. The van der Waals surface area contributed by atoms with Gasteiger partial charge in [-0.05, 0) is 64.2 Å². The van der Waals surface area contributed by atoms with Gasteiger partial charge in [0.25, 0.3) is 5.91 Å². The van der Waals surface area contributed by atoms with Crippen LogP contribution in [0.5, 0.6) is 0 Å². The quantitative estimate of drug-likeness (QED) is 0.136. The first kappa shape index (κ1) is 32.1. The number of hydrogen-bond donors (Lipinski definition) is 3. The van der Waals surface area contributed by atoms with E-state index in [0.717, 1.165) is 33.4 Å². The molecule has 238 valence electrons. The highest BCUT2D eigenvalue weighted by molar-refractivity contribution is 7.99. The van der Waals surface area contributed by atoms with E-state index in [1.807, 2.05) is 72.8 Å². The highest BCUT2D eigenvalue weighted by Crippen LogP contribution is 2.40. The van der Waals surface area contributed by atoms with Crippen molar-refractivity contribution in [1.82, 2.24) is 15.3 Å². The van der Waals surface area contributed by atoms with Crippen LogP contribution in [0.3, 0.4) is 0 Å². The summed E-state index contributed by atoms with van der Waals surface area (Å²) in [5, 5.41) is 22.5. The molecule has 0 spiro atoms. The van der Waals surface area contributed by atoms with Gasteiger partial charge in [-0.25, -0.2) is 9.78 Å². The minimum Gasteiger partial charge on any atom is -0.478 e. The van der Waals surface area contributed by atoms with E-state index in [0.29, 0.717) is 29.3 Å². The van der Waals surface area contributed by atoms with Gasteiger partial charge >= 0.3 is 5.97 Å². The third-order valence-electron chi connectivity index (χ3n) is 7.82. The Morgan fingerprint density at radius 2 is 1.64 bits per heavy atom. The van der Waals surface area contributed by atoms with Gasteiger partial charge in [0.2, 0.25) is 0 Å². The summed E-state index contributed by atoms with van der Waals surface area (Å²) >= 11 is 1.35. The number of carboxylic acid groups (broad SMARTS) is 1. The van der Waals surface area contributed by atoms with E-state index >= 15 is 0 Å². The standard InChI is InChI=1S/C37H33N3O6S/c41-22-24-11-13-26(14-12-24)33-19-31(23-47-35-32(36(43)44)10-4-16-39-35)45-37(46-33)29-8-2-7-28(18-29)27-6-1-5-25(17-27)20-40-34(42)30-9-3-15-38-21-30/h1-18,21,31,33,37,41H,19-20,22-23H2,(H,40,42)(H,43,44)/t31-,33+,37+/m1/s1. The molecular weight excluding hydrogens is 614 g/mol. The van der Waals surface area contributed by atoms with Crippen molar-refractivity contribution >= 4 is 23.6 Å². The largest absolute Gasteiger partial charge is 0.478 e. The van der Waals surface area contributed by atoms with Gasteiger partial charge in [-0.2, -0.15) is 0 Å². The highest BCUT2D eigenvalue weighted by atomic mass is 32.2. The molecule has 1 amide bonds. The van der Waals surface area contributed by atoms with Crippen LogP contribution in [-0.4, -0.2) is 43.9 Å². The molecule has 1 saturated heterocycles. The summed E-state index contributed by atoms with van der Waals surface area (Å²) in [5.74, 6) is -0.730. The summed E-state index contributed by atoms with van der Waals surface area (Å²) in [6.45, 7) is 0.323. The Labute approximate surface area is 276 Å². The molecule has 1 fully saturated rings. The number of nitrogens with one attached hydrogen (secondary N) is 1. The first-order valence-electron chi connectivity index (χ1n) is 15.2. The number of hydrogen-bond acceptors (Lipinski definition) is 8. The smallest absolute Gasteiger partial charge is 0.338 e. The fraction of sp³-hybridized carbons (Fsp3) is 0.189. The molecule has 1 aliphatic rings. The molecular formula is C37H33N3O6S. The zero-order chi connectivity index (χ0) is 32.6. The molecule has 47 heavy (non-hydrogen) atoms. The summed E-state index contributed by atoms with van der Waals surface area (Å²) in [6, 6.07) is 30.3. The van der Waals surface area contributed by atoms with E-state index in [1.165, 1.54) is 18.0 Å². The van der Waals surface area contributed by atoms with Crippen molar-refractivity contribution in [3.8, 4) is 11.1 Å². The Morgan fingerprint density at radius 1 is 0.851 bits per heavy atom. The molecule has 6 rings (SSSR count). The predicted octanol–water partition coefficient (Wildman–Crippen LogP) is 6.60. The third-order valence-corrected chi connectivity index (χ3v) is 8.96. The zero-order valence-electron chi connectivity index (χ0n) is 25.4. The lowest BCUT2D eigenvalue weighted by atomic mass is 9.99. The van der Waals surface area contributed by atoms with Crippen molar-refractivity contribution in [1.29, 1.82) is 0 Å². The van der Waals surface area contributed by atoms with Crippen molar-refractivity contribution in [2.24, 2.45) is 0 Å². The number of amides is 1. The first-order chi connectivity index (χ1) is 23.0. The number of aromatic carboxylic acids is 1. The average Bonchev–Trinajstić information content (AvgIpc) is 3.13. The molecule has 3 atom stereocenters. The second-order valence-corrected chi connectivity index (χ2v) is 12.1. The SMILES string of the molecule is O=C(NCc1cccc(-c2cccc([C@H]3O[C@@H](CSc4ncccc4C(=O)O)C[C@@H](c4ccc(CO)cc4)O3)c2)c1)c1cccnc1. The molecule has 3 aromatic carbocycles. The molecule has 9 nitrogen and oxygen atoms in total. The molecule has 1 aliphatic heterocycles. The van der Waals surface area contributed by atoms with Gasteiger partial charge in [-0.3, -0.25) is 9.78 Å². The number of aliphatic hydroxyl groups is 1. The normalized spacial score (nSPS) is 17.6. The number of benzene rings is 3. The zero-order valence-corrected chi connectivity index (χ0v) is 26.2. The molecule has 3 heterocycles. The number of thioether (sulfide) groups is 1. The average molecular weight is 648 g/mol. The topological polar surface area (TPSA) is 131 Å². The van der Waals surface area contributed by atoms with Crippen LogP contribution in [-0.2, 0) is 22.6 Å². The molecule has 3 N–H and O–H groups in total. The van der Waals surface area contributed by atoms with Crippen LogP contribution < -0.4 is 5.32 Å². The fourth-order valence-corrected chi connectivity index (χ4v) is 6.38. The van der Waals surface area contributed by atoms with Crippen LogP contribution >= 0.6 is 11.8 Å². The molecule has 10 heteroatoms. The molecule has 2 aromatic heterocycles. The van der Waals surface area contributed by atoms with E-state index < -0.39 is 12.3 Å². The number of carbonyl (C=O) groups excluding carboxylic acids is 1. The van der Waals surface area contributed by atoms with Crippen LogP contribution in [0.4, 0.5) is 0 Å². The lowest BCUT2D eigenvalue weighted by Gasteiger charge is -2.36. The Kier molecular flexibility index (Phi) is 10.3. The number of pyridine rings is 2. The molecule has 0 saturated carbocycles. The summed E-state index contributed by atoms with van der Waals surface area (Å²) in [4.78, 5) is 32.6. The Hall–Kier alpha value is -4.87. The number of carboxylic acids is 1. The van der Waals surface area contributed by atoms with E-state index in [9.17, 15) is 19.8 Å². The van der Waals surface area contributed by atoms with Gasteiger partial charge in [0.1, 0.15) is 5.03 Å². The van der Waals surface area contributed by atoms with Gasteiger partial charge in [-0.1, -0.05) is 60.7 Å². The molecule has 0 unspecified atom stereocenters. The maximum Gasteiger partial charge on any atom is 0.338 e. The van der Waals surface area contributed by atoms with Gasteiger partial charge in [0, 0.05) is 42.9 Å². The van der Waals surface area contributed by atoms with Crippen LogP contribution in [0.25, 0.3) is 11.1 Å². The van der Waals surface area contributed by atoms with E-state index in [2.05, 4.69) is 15.3 Å². The number of rotatable bonds is 11. The molecule has 0 radical (unpaired) electrons. The van der Waals surface area contributed by atoms with Crippen LogP contribution in [0, 0.1) is 0 Å². The third kappa shape index (κ3) is 8.11. The van der Waals surface area contributed by atoms with Gasteiger partial charge in [0.05, 0.1) is 29.9 Å². The van der Waals surface area contributed by atoms with Crippen molar-refractivity contribution in [3.63, 3.8) is 0 Å². The number of ether oxygens (including phenoxy) is 2. The van der Waals surface area contributed by atoms with Gasteiger partial charge < -0.3 is 25.0 Å². The lowest BCUT2D eigenvalue weighted by Crippen LogP contribution is -2.31. The molecule has 0 aliphatic carbocycles. The Balaban J connectivity index is 1.21. The summed E-state index contributed by atoms with van der Waals surface area (Å²) in [6.07, 6.45) is 4.08. The van der Waals surface area contributed by atoms with Gasteiger partial charge in [0.15, 0.2) is 6.29 Å². The van der Waals surface area contributed by atoms with Crippen LogP contribution in [0.1, 0.15) is 61.8 Å². The summed E-state index contributed by atoms with van der Waals surface area (Å²) in [5.41, 5.74) is 6.18. The predicted molar refractivity (Wildman–Crippen MR) is 178 cm³/mol. The maximum absolute atomic E-state index is 12.5. The Bertz CT molecular complexity index is 1840. The van der Waals surface area contributed by atoms with Crippen LogP contribution in [0.15, 0.2) is 121 Å². The number of aromatic nitrogens is 2. The number of aliphatic hydroxyl groups excluding tert-OH is 1. The van der Waals surface area contributed by atoms with Crippen molar-refractivity contribution in [2.75, 3.05) is 5.75 Å². The van der Waals surface area contributed by atoms with E-state index in [1.54, 1.807) is 36.7 Å². The first-order valence-corrected chi connectivity index (χ1v) is 16.1. The molecule has 5 aromatic rings. The van der Waals surface area contributed by atoms with Crippen molar-refractivity contribution < 1.29 is 29.3 Å². The van der Waals surface area contributed by atoms with Crippen molar-refractivity contribution in [3.05, 3.63) is 149 Å². The van der Waals surface area contributed by atoms with E-state index in [4.69, 9.17) is 9.47 Å². The second-order valence-electron chi connectivity index (χ2n) is 11.1. The second kappa shape index (κ2) is 15.1. The number of nitrogens with zero attached hydrogens (tertiary/aromatic N) is 2. The lowest BCUT2D eigenvalue weighted by molar-refractivity contribution is -0.245. The number of carbonyl (C=O) groups is 2. The minimum absolute atomic E-state index is 0.0440. The minimum atomic E-state index is -1.02. The Morgan fingerprint density at radius 3 is 2.40 bits per heavy atom. The van der Waals surface area contributed by atoms with Gasteiger partial charge in [-0.15, -0.1) is 11.8 Å². The summed E-state index contributed by atoms with van der Waals surface area (Å²) in [7, 11) is 0. The summed E-state index contributed by atoms with van der Waals surface area (Å²) < 4.78 is 13.0.